The molecule has 0 atom stereocenters. The molecule has 0 fully saturated rings. The van der Waals surface area contributed by atoms with E-state index in [0.29, 0.717) is 0 Å². The van der Waals surface area contributed by atoms with E-state index >= 15 is 0 Å². The first-order valence-electron chi connectivity index (χ1n) is 9.10. The van der Waals surface area contributed by atoms with E-state index in [4.69, 9.17) is 6.82 Å². The minimum atomic E-state index is -5.65. The zero-order chi connectivity index (χ0) is 21.7. The monoisotopic (exact) mass is 488 g/mol. The molecule has 3 aromatic rings. The van der Waals surface area contributed by atoms with Crippen LogP contribution >= 0.6 is 0 Å². The van der Waals surface area contributed by atoms with Crippen molar-refractivity contribution >= 4 is 23.9 Å². The molecule has 0 aliphatic rings. The summed E-state index contributed by atoms with van der Waals surface area (Å²) >= 11 is -2.69. The van der Waals surface area contributed by atoms with Gasteiger partial charge in [-0.2, -0.15) is 0 Å². The van der Waals surface area contributed by atoms with Gasteiger partial charge >= 0.3 is 180 Å². The first-order valence-corrected chi connectivity index (χ1v) is 13.4. The number of alkyl halides is 5. The molecule has 0 amide bonds. The van der Waals surface area contributed by atoms with Gasteiger partial charge in [-0.05, 0) is 0 Å². The van der Waals surface area contributed by atoms with Crippen molar-refractivity contribution < 1.29 is 46.6 Å². The predicted octanol–water partition coefficient (Wildman–Crippen LogP) is 3.80. The van der Waals surface area contributed by atoms with Crippen LogP contribution in [0.4, 0.5) is 22.0 Å². The number of halogens is 5. The molecular weight excluding hydrogens is 473 g/mol. The molecule has 0 aromatic heterocycles. The number of hydrogen-bond donors (Lipinski definition) is 0. The van der Waals surface area contributed by atoms with Gasteiger partial charge in [0.15, 0.2) is 0 Å². The van der Waals surface area contributed by atoms with Crippen molar-refractivity contribution in [3.8, 4) is 0 Å². The van der Waals surface area contributed by atoms with Gasteiger partial charge in [0.25, 0.3) is 0 Å². The molecule has 0 N–H and O–H groups in total. The summed E-state index contributed by atoms with van der Waals surface area (Å²) in [5.41, 5.74) is 0. The Hall–Kier alpha value is -1.93. The van der Waals surface area contributed by atoms with Crippen molar-refractivity contribution in [2.24, 2.45) is 0 Å². The molecule has 0 aliphatic heterocycles. The molecular formula is C21H17F5O2SiZn. The van der Waals surface area contributed by atoms with Crippen LogP contribution in [0.1, 0.15) is 0 Å². The second-order valence-corrected chi connectivity index (χ2v) is 13.1. The van der Waals surface area contributed by atoms with Gasteiger partial charge in [-0.3, -0.25) is 0 Å². The summed E-state index contributed by atoms with van der Waals surface area (Å²) in [6.07, 6.45) is -5.65. The Morgan fingerprint density at radius 1 is 0.633 bits per heavy atom. The van der Waals surface area contributed by atoms with Crippen molar-refractivity contribution in [3.63, 3.8) is 0 Å². The van der Waals surface area contributed by atoms with Crippen LogP contribution in [0.15, 0.2) is 91.0 Å². The van der Waals surface area contributed by atoms with Gasteiger partial charge in [0, 0.05) is 0 Å². The minimum absolute atomic E-state index is 0.860. The Bertz CT molecular complexity index is 828. The fraction of sp³-hybridized carbons (Fsp3) is 0.143. The third kappa shape index (κ3) is 4.86. The number of benzene rings is 3. The maximum absolute atomic E-state index is 13.3. The molecule has 0 saturated heterocycles. The maximum atomic E-state index is 13.3. The molecule has 0 spiro atoms. The predicted molar refractivity (Wildman–Crippen MR) is 102 cm³/mol. The van der Waals surface area contributed by atoms with Crippen molar-refractivity contribution in [2.45, 2.75) is 12.1 Å². The Balaban J connectivity index is 1.98. The van der Waals surface area contributed by atoms with Gasteiger partial charge in [-0.15, -0.1) is 0 Å². The molecule has 0 bridgehead atoms. The molecule has 0 heterocycles. The summed E-state index contributed by atoms with van der Waals surface area (Å²) < 4.78 is 75.0. The standard InChI is InChI=1S/C18H15OSi.C3H2F5O.Zn/c19-20(16-10-4-1-5-11-16,17-12-6-2-7-13-17)18-14-8-3-9-15-18;4-2(5,1-9)3(6,7)8;/h1-15H;1H2;/q2*-1;+2. The van der Waals surface area contributed by atoms with Gasteiger partial charge in [0.1, 0.15) is 0 Å². The van der Waals surface area contributed by atoms with Crippen molar-refractivity contribution in [1.29, 1.82) is 0 Å². The molecule has 0 radical (unpaired) electrons. The zero-order valence-electron chi connectivity index (χ0n) is 15.8. The Morgan fingerprint density at radius 2 is 1.00 bits per heavy atom. The van der Waals surface area contributed by atoms with Gasteiger partial charge in [0.05, 0.1) is 0 Å². The Morgan fingerprint density at radius 3 is 1.33 bits per heavy atom. The summed E-state index contributed by atoms with van der Waals surface area (Å²) in [4.78, 5) is 0. The molecule has 3 aromatic carbocycles. The average Bonchev–Trinajstić information content (AvgIpc) is 2.75. The van der Waals surface area contributed by atoms with E-state index < -0.39 is 44.9 Å². The third-order valence-corrected chi connectivity index (χ3v) is 12.8. The quantitative estimate of drug-likeness (QED) is 0.207. The van der Waals surface area contributed by atoms with Gasteiger partial charge in [-0.1, -0.05) is 0 Å². The van der Waals surface area contributed by atoms with Crippen LogP contribution in [-0.2, 0) is 24.7 Å². The van der Waals surface area contributed by atoms with Gasteiger partial charge in [-0.25, -0.2) is 0 Å². The number of rotatable bonds is 8. The topological polar surface area (TPSA) is 18.5 Å². The molecule has 9 heteroatoms. The van der Waals surface area contributed by atoms with E-state index in [0.717, 1.165) is 15.6 Å². The van der Waals surface area contributed by atoms with Crippen LogP contribution < -0.4 is 15.6 Å². The van der Waals surface area contributed by atoms with Crippen molar-refractivity contribution in [3.05, 3.63) is 91.0 Å². The van der Waals surface area contributed by atoms with Crippen LogP contribution in [0.25, 0.3) is 0 Å². The van der Waals surface area contributed by atoms with Gasteiger partial charge < -0.3 is 0 Å². The van der Waals surface area contributed by atoms with Crippen LogP contribution in [0.5, 0.6) is 0 Å². The molecule has 2 nitrogen and oxygen atoms in total. The van der Waals surface area contributed by atoms with Crippen molar-refractivity contribution in [1.82, 2.24) is 0 Å². The molecule has 154 valence electrons. The van der Waals surface area contributed by atoms with E-state index in [9.17, 15) is 22.0 Å². The molecule has 3 rings (SSSR count). The third-order valence-electron chi connectivity index (χ3n) is 4.60. The van der Waals surface area contributed by atoms with Crippen molar-refractivity contribution in [2.75, 3.05) is 6.61 Å². The fourth-order valence-corrected chi connectivity index (χ4v) is 12.4. The van der Waals surface area contributed by atoms with Crippen LogP contribution in [0, 0.1) is 0 Å². The average molecular weight is 490 g/mol. The van der Waals surface area contributed by atoms with Crippen LogP contribution in [-0.4, -0.2) is 27.0 Å². The first kappa shape index (κ1) is 22.7. The molecule has 0 saturated carbocycles. The summed E-state index contributed by atoms with van der Waals surface area (Å²) in [6.45, 7) is -1.72. The summed E-state index contributed by atoms with van der Waals surface area (Å²) in [5.74, 6) is -4.90. The van der Waals surface area contributed by atoms with Gasteiger partial charge in [0.2, 0.25) is 0 Å². The van der Waals surface area contributed by atoms with Crippen LogP contribution in [0.3, 0.4) is 0 Å². The number of hydrogen-bond acceptors (Lipinski definition) is 2. The van der Waals surface area contributed by atoms with E-state index in [1.807, 2.05) is 91.0 Å². The van der Waals surface area contributed by atoms with E-state index in [1.54, 1.807) is 0 Å². The summed E-state index contributed by atoms with van der Waals surface area (Å²) in [6, 6.07) is 27.9. The Kier molecular flexibility index (Phi) is 7.18. The normalized spacial score (nSPS) is 12.4. The Labute approximate surface area is 180 Å². The zero-order valence-corrected chi connectivity index (χ0v) is 19.7. The summed E-state index contributed by atoms with van der Waals surface area (Å²) in [5, 5.41) is 2.58. The first-order chi connectivity index (χ1) is 14.3. The molecule has 30 heavy (non-hydrogen) atoms. The van der Waals surface area contributed by atoms with E-state index in [1.165, 1.54) is 0 Å². The van der Waals surface area contributed by atoms with E-state index in [-0.39, 0.29) is 0 Å². The molecule has 0 aliphatic carbocycles. The second-order valence-electron chi connectivity index (χ2n) is 6.59. The summed E-state index contributed by atoms with van der Waals surface area (Å²) in [7, 11) is -3.13. The fourth-order valence-electron chi connectivity index (χ4n) is 3.15. The van der Waals surface area contributed by atoms with Crippen LogP contribution in [0.2, 0.25) is 0 Å². The van der Waals surface area contributed by atoms with E-state index in [2.05, 4.69) is 0 Å². The molecule has 0 unspecified atom stereocenters. The second kappa shape index (κ2) is 9.47. The SMILES string of the molecule is FC(F)(F)C(F)(F)C[O][Zn][O][Si](c1ccccc1)(c1ccccc1)c1ccccc1.